The van der Waals surface area contributed by atoms with Crippen LogP contribution >= 0.6 is 0 Å². The Morgan fingerprint density at radius 2 is 1.82 bits per heavy atom. The summed E-state index contributed by atoms with van der Waals surface area (Å²) in [4.78, 5) is 35.7. The first-order chi connectivity index (χ1) is 18.3. The van der Waals surface area contributed by atoms with Gasteiger partial charge in [0, 0.05) is 19.2 Å². The van der Waals surface area contributed by atoms with Crippen molar-refractivity contribution in [2.24, 2.45) is 7.05 Å². The highest BCUT2D eigenvalue weighted by molar-refractivity contribution is 5.88. The fraction of sp³-hybridized carbons (Fsp3) is 0.143. The number of hydrogen-bond donors (Lipinski definition) is 2. The molecule has 1 unspecified atom stereocenters. The van der Waals surface area contributed by atoms with E-state index in [9.17, 15) is 19.8 Å². The van der Waals surface area contributed by atoms with Gasteiger partial charge in [0.1, 0.15) is 11.3 Å². The molecule has 6 rings (SSSR count). The van der Waals surface area contributed by atoms with Crippen molar-refractivity contribution in [2.45, 2.75) is 12.5 Å². The lowest BCUT2D eigenvalue weighted by Crippen LogP contribution is -2.40. The number of halogens is 1. The Kier molecular flexibility index (Phi) is 5.45. The van der Waals surface area contributed by atoms with Crippen LogP contribution in [-0.2, 0) is 13.5 Å². The zero-order valence-electron chi connectivity index (χ0n) is 20.1. The van der Waals surface area contributed by atoms with Gasteiger partial charge in [-0.2, -0.15) is 0 Å². The number of oxazole rings is 1. The number of aromatic nitrogens is 3. The van der Waals surface area contributed by atoms with Gasteiger partial charge < -0.3 is 19.5 Å². The van der Waals surface area contributed by atoms with Crippen molar-refractivity contribution in [2.75, 3.05) is 11.4 Å². The average Bonchev–Trinajstić information content (AvgIpc) is 3.35. The molecule has 0 bridgehead atoms. The lowest BCUT2D eigenvalue weighted by Gasteiger charge is -2.39. The number of hydrogen-bond acceptors (Lipinski definition) is 7. The van der Waals surface area contributed by atoms with Crippen LogP contribution in [0.25, 0.3) is 22.7 Å². The number of rotatable bonds is 4. The van der Waals surface area contributed by atoms with Gasteiger partial charge in [0.05, 0.1) is 11.6 Å². The van der Waals surface area contributed by atoms with E-state index in [0.29, 0.717) is 35.2 Å². The maximum absolute atomic E-state index is 15.2. The van der Waals surface area contributed by atoms with Crippen LogP contribution < -0.4 is 10.5 Å². The van der Waals surface area contributed by atoms with Crippen molar-refractivity contribution < 1.29 is 23.8 Å². The van der Waals surface area contributed by atoms with Gasteiger partial charge in [0.15, 0.2) is 11.3 Å². The largest absolute Gasteiger partial charge is 0.501 e. The van der Waals surface area contributed by atoms with Crippen LogP contribution in [0.4, 0.5) is 10.3 Å². The Hall–Kier alpha value is -4.99. The Morgan fingerprint density at radius 1 is 1.05 bits per heavy atom. The van der Waals surface area contributed by atoms with Crippen molar-refractivity contribution >= 4 is 23.0 Å². The normalized spacial score (nSPS) is 15.0. The van der Waals surface area contributed by atoms with Gasteiger partial charge in [-0.15, -0.1) is 0 Å². The van der Waals surface area contributed by atoms with Gasteiger partial charge in [0.2, 0.25) is 11.7 Å². The Labute approximate surface area is 215 Å². The molecule has 0 radical (unpaired) electrons. The van der Waals surface area contributed by atoms with E-state index in [2.05, 4.69) is 9.97 Å². The summed E-state index contributed by atoms with van der Waals surface area (Å²) in [7, 11) is 1.46. The highest BCUT2D eigenvalue weighted by Gasteiger charge is 2.35. The molecule has 0 spiro atoms. The molecular formula is C28H21FN4O5. The molecule has 0 saturated heterocycles. The number of carboxylic acid groups (broad SMARTS) is 1. The van der Waals surface area contributed by atoms with Crippen molar-refractivity contribution in [3.05, 3.63) is 105 Å². The predicted molar refractivity (Wildman–Crippen MR) is 137 cm³/mol. The van der Waals surface area contributed by atoms with Crippen molar-refractivity contribution in [3.8, 4) is 17.3 Å². The average molecular weight is 512 g/mol. The number of benzene rings is 3. The number of fused-ring (bicyclic) bond motifs is 2. The zero-order chi connectivity index (χ0) is 26.6. The van der Waals surface area contributed by atoms with E-state index in [1.54, 1.807) is 53.4 Å². The summed E-state index contributed by atoms with van der Waals surface area (Å²) in [6.45, 7) is 0.344. The monoisotopic (exact) mass is 512 g/mol. The number of anilines is 1. The smallest absolute Gasteiger partial charge is 0.335 e. The maximum Gasteiger partial charge on any atom is 0.335 e. The molecule has 3 aromatic carbocycles. The number of carbonyl (C=O) groups is 1. The maximum atomic E-state index is 15.2. The van der Waals surface area contributed by atoms with Crippen LogP contribution in [0, 0.1) is 5.82 Å². The lowest BCUT2D eigenvalue weighted by atomic mass is 9.87. The minimum absolute atomic E-state index is 0.0318. The fourth-order valence-corrected chi connectivity index (χ4v) is 4.95. The Bertz CT molecular complexity index is 1760. The van der Waals surface area contributed by atoms with Gasteiger partial charge in [-0.1, -0.05) is 36.4 Å². The second kappa shape index (κ2) is 8.84. The van der Waals surface area contributed by atoms with E-state index in [1.807, 2.05) is 0 Å². The molecule has 10 heteroatoms. The summed E-state index contributed by atoms with van der Waals surface area (Å²) >= 11 is 0. The van der Waals surface area contributed by atoms with Gasteiger partial charge in [-0.05, 0) is 47.9 Å². The number of para-hydroxylation sites is 2. The van der Waals surface area contributed by atoms with Crippen molar-refractivity contribution in [1.82, 2.24) is 14.5 Å². The highest BCUT2D eigenvalue weighted by atomic mass is 19.1. The minimum atomic E-state index is -1.11. The number of carboxylic acids is 1. The van der Waals surface area contributed by atoms with E-state index >= 15 is 4.39 Å². The highest BCUT2D eigenvalue weighted by Crippen LogP contribution is 2.40. The number of nitrogens with zero attached hydrogens (tertiary/aromatic N) is 4. The Balaban J connectivity index is 1.58. The lowest BCUT2D eigenvalue weighted by molar-refractivity contribution is 0.0696. The molecule has 2 aromatic heterocycles. The molecule has 38 heavy (non-hydrogen) atoms. The molecule has 9 nitrogen and oxygen atoms in total. The van der Waals surface area contributed by atoms with Crippen molar-refractivity contribution in [3.63, 3.8) is 0 Å². The molecule has 1 aliphatic heterocycles. The molecule has 1 aliphatic rings. The summed E-state index contributed by atoms with van der Waals surface area (Å²) in [5, 5.41) is 20.3. The molecule has 3 heterocycles. The molecule has 190 valence electrons. The second-order valence-electron chi connectivity index (χ2n) is 9.05. The topological polar surface area (TPSA) is 122 Å². The summed E-state index contributed by atoms with van der Waals surface area (Å²) in [5.74, 6) is -2.11. The zero-order valence-corrected chi connectivity index (χ0v) is 20.1. The minimum Gasteiger partial charge on any atom is -0.501 e. The van der Waals surface area contributed by atoms with Crippen molar-refractivity contribution in [1.29, 1.82) is 0 Å². The van der Waals surface area contributed by atoms with Crippen LogP contribution in [0.15, 0.2) is 75.9 Å². The van der Waals surface area contributed by atoms with Gasteiger partial charge >= 0.3 is 5.97 Å². The summed E-state index contributed by atoms with van der Waals surface area (Å²) in [6.07, 6.45) is 0.495. The van der Waals surface area contributed by atoms with Gasteiger partial charge in [-0.3, -0.25) is 9.36 Å². The predicted octanol–water partition coefficient (Wildman–Crippen LogP) is 4.28. The Morgan fingerprint density at radius 3 is 2.58 bits per heavy atom. The molecule has 0 saturated carbocycles. The molecule has 2 N–H and O–H groups in total. The first-order valence-corrected chi connectivity index (χ1v) is 11.9. The first-order valence-electron chi connectivity index (χ1n) is 11.9. The molecule has 0 aliphatic carbocycles. The van der Waals surface area contributed by atoms with E-state index in [4.69, 9.17) is 4.42 Å². The van der Waals surface area contributed by atoms with Crippen LogP contribution in [0.2, 0.25) is 0 Å². The van der Waals surface area contributed by atoms with E-state index in [-0.39, 0.29) is 23.1 Å². The summed E-state index contributed by atoms with van der Waals surface area (Å²) in [6, 6.07) is 17.2. The molecule has 0 fully saturated rings. The number of aromatic hydroxyl groups is 1. The summed E-state index contributed by atoms with van der Waals surface area (Å²) < 4.78 is 22.2. The fourth-order valence-electron chi connectivity index (χ4n) is 4.95. The van der Waals surface area contributed by atoms with Crippen LogP contribution in [0.1, 0.15) is 33.1 Å². The summed E-state index contributed by atoms with van der Waals surface area (Å²) in [5.41, 5.74) is 1.93. The molecular weight excluding hydrogens is 491 g/mol. The number of aromatic carboxylic acids is 1. The molecule has 5 aromatic rings. The standard InChI is InChI=1S/C28H21FN4O5/c1-32-26(35)24(34)22(25-30-20-8-4-5-9-21(20)38-25)31-28(32)33-13-12-15-10-11-16(27(36)37)14-18(15)23(33)17-6-2-3-7-19(17)29/h2-11,14,23,34H,12-13H2,1H3,(H,36,37). The van der Waals surface area contributed by atoms with Crippen LogP contribution in [0.5, 0.6) is 5.75 Å². The van der Waals surface area contributed by atoms with Gasteiger partial charge in [0.25, 0.3) is 11.4 Å². The first kappa shape index (κ1) is 23.4. The third-order valence-corrected chi connectivity index (χ3v) is 6.82. The van der Waals surface area contributed by atoms with E-state index in [1.165, 1.54) is 29.8 Å². The van der Waals surface area contributed by atoms with E-state index < -0.39 is 29.1 Å². The SMILES string of the molecule is Cn1c(N2CCc3ccc(C(=O)O)cc3C2c2ccccc2F)nc(-c2nc3ccccc3o2)c(O)c1=O. The van der Waals surface area contributed by atoms with E-state index in [0.717, 1.165) is 5.56 Å². The quantitative estimate of drug-likeness (QED) is 0.366. The van der Waals surface area contributed by atoms with Gasteiger partial charge in [-0.25, -0.2) is 19.2 Å². The third kappa shape index (κ3) is 3.69. The van der Waals surface area contributed by atoms with Crippen LogP contribution in [-0.4, -0.2) is 37.3 Å². The third-order valence-electron chi connectivity index (χ3n) is 6.82. The molecule has 0 amide bonds. The van der Waals surface area contributed by atoms with Crippen LogP contribution in [0.3, 0.4) is 0 Å². The second-order valence-corrected chi connectivity index (χ2v) is 9.05. The molecule has 1 atom stereocenters.